The number of carbonyl (C=O) groups is 1. The smallest absolute Gasteiger partial charge is 0.324 e. The van der Waals surface area contributed by atoms with Gasteiger partial charge in [-0.1, -0.05) is 17.7 Å². The third kappa shape index (κ3) is 3.36. The van der Waals surface area contributed by atoms with Crippen LogP contribution in [-0.2, 0) is 0 Å². The van der Waals surface area contributed by atoms with E-state index < -0.39 is 6.03 Å². The maximum absolute atomic E-state index is 11.6. The molecule has 92 valence electrons. The molecule has 6 heteroatoms. The Morgan fingerprint density at radius 2 is 2.06 bits per heavy atom. The highest BCUT2D eigenvalue weighted by molar-refractivity contribution is 6.30. The number of benzene rings is 1. The zero-order valence-electron chi connectivity index (χ0n) is 9.22. The van der Waals surface area contributed by atoms with E-state index in [-0.39, 0.29) is 5.75 Å². The van der Waals surface area contributed by atoms with Crippen LogP contribution in [0.15, 0.2) is 42.6 Å². The quantitative estimate of drug-likeness (QED) is 0.779. The first-order valence-corrected chi connectivity index (χ1v) is 5.50. The Bertz CT molecular complexity index is 525. The number of halogens is 1. The summed E-state index contributed by atoms with van der Waals surface area (Å²) in [5.74, 6) is 0.425. The predicted octanol–water partition coefficient (Wildman–Crippen LogP) is 3.08. The van der Waals surface area contributed by atoms with Gasteiger partial charge in [-0.3, -0.25) is 5.32 Å². The average molecular weight is 264 g/mol. The van der Waals surface area contributed by atoms with Crippen LogP contribution in [0.4, 0.5) is 16.3 Å². The van der Waals surface area contributed by atoms with Crippen molar-refractivity contribution in [2.75, 3.05) is 10.6 Å². The van der Waals surface area contributed by atoms with Crippen molar-refractivity contribution in [3.8, 4) is 5.75 Å². The van der Waals surface area contributed by atoms with Crippen LogP contribution in [-0.4, -0.2) is 16.1 Å². The number of rotatable bonds is 2. The maximum Gasteiger partial charge on any atom is 0.324 e. The van der Waals surface area contributed by atoms with Crippen molar-refractivity contribution in [3.05, 3.63) is 47.6 Å². The van der Waals surface area contributed by atoms with Crippen molar-refractivity contribution >= 4 is 29.1 Å². The summed E-state index contributed by atoms with van der Waals surface area (Å²) in [6.07, 6.45) is 1.49. The van der Waals surface area contributed by atoms with E-state index in [1.165, 1.54) is 24.4 Å². The summed E-state index contributed by atoms with van der Waals surface area (Å²) in [5.41, 5.74) is 0.481. The number of carbonyl (C=O) groups excluding carboxylic acids is 1. The Morgan fingerprint density at radius 3 is 2.78 bits per heavy atom. The number of aromatic nitrogens is 1. The van der Waals surface area contributed by atoms with Crippen LogP contribution in [0.3, 0.4) is 0 Å². The molecular weight excluding hydrogens is 254 g/mol. The number of anilines is 2. The van der Waals surface area contributed by atoms with Gasteiger partial charge >= 0.3 is 6.03 Å². The third-order valence-electron chi connectivity index (χ3n) is 2.07. The van der Waals surface area contributed by atoms with Crippen LogP contribution in [0.1, 0.15) is 0 Å². The molecule has 0 saturated carbocycles. The number of nitrogens with zero attached hydrogens (tertiary/aromatic N) is 1. The van der Waals surface area contributed by atoms with E-state index in [1.54, 1.807) is 18.2 Å². The average Bonchev–Trinajstić information content (AvgIpc) is 2.28. The molecule has 2 aromatic rings. The molecule has 18 heavy (non-hydrogen) atoms. The molecule has 0 aliphatic rings. The Labute approximate surface area is 108 Å². The molecule has 0 fully saturated rings. The Morgan fingerprint density at radius 1 is 1.22 bits per heavy atom. The van der Waals surface area contributed by atoms with E-state index in [4.69, 9.17) is 11.6 Å². The van der Waals surface area contributed by atoms with Crippen LogP contribution >= 0.6 is 11.6 Å². The van der Waals surface area contributed by atoms with E-state index in [1.807, 2.05) is 0 Å². The monoisotopic (exact) mass is 263 g/mol. The molecule has 1 heterocycles. The molecule has 2 amide bonds. The standard InChI is InChI=1S/C12H10ClN3O2/c13-8-4-5-14-11(6-8)16-12(18)15-9-2-1-3-10(17)7-9/h1-7,17H,(H2,14,15,16,18). The lowest BCUT2D eigenvalue weighted by Gasteiger charge is -2.07. The van der Waals surface area contributed by atoms with Crippen molar-refractivity contribution in [2.24, 2.45) is 0 Å². The van der Waals surface area contributed by atoms with Gasteiger partial charge in [-0.2, -0.15) is 0 Å². The minimum Gasteiger partial charge on any atom is -0.508 e. The highest BCUT2D eigenvalue weighted by atomic mass is 35.5. The lowest BCUT2D eigenvalue weighted by Crippen LogP contribution is -2.19. The number of phenolic OH excluding ortho intramolecular Hbond substituents is 1. The van der Waals surface area contributed by atoms with E-state index in [0.717, 1.165) is 0 Å². The Kier molecular flexibility index (Phi) is 3.64. The molecule has 0 aliphatic carbocycles. The maximum atomic E-state index is 11.6. The molecule has 1 aromatic heterocycles. The van der Waals surface area contributed by atoms with E-state index in [9.17, 15) is 9.90 Å². The topological polar surface area (TPSA) is 74.2 Å². The van der Waals surface area contributed by atoms with Gasteiger partial charge < -0.3 is 10.4 Å². The highest BCUT2D eigenvalue weighted by Crippen LogP contribution is 2.16. The second kappa shape index (κ2) is 5.37. The molecule has 3 N–H and O–H groups in total. The highest BCUT2D eigenvalue weighted by Gasteiger charge is 2.04. The van der Waals surface area contributed by atoms with Gasteiger partial charge in [0.25, 0.3) is 0 Å². The lowest BCUT2D eigenvalue weighted by atomic mass is 10.3. The molecule has 0 unspecified atom stereocenters. The molecular formula is C12H10ClN3O2. The number of urea groups is 1. The number of hydrogen-bond donors (Lipinski definition) is 3. The van der Waals surface area contributed by atoms with Crippen molar-refractivity contribution in [1.82, 2.24) is 4.98 Å². The molecule has 2 rings (SSSR count). The van der Waals surface area contributed by atoms with E-state index in [0.29, 0.717) is 16.5 Å². The molecule has 0 atom stereocenters. The molecule has 0 saturated heterocycles. The Hall–Kier alpha value is -2.27. The Balaban J connectivity index is 2.01. The summed E-state index contributed by atoms with van der Waals surface area (Å²) in [5, 5.41) is 14.8. The molecule has 1 aromatic carbocycles. The van der Waals surface area contributed by atoms with Gasteiger partial charge in [-0.05, 0) is 24.3 Å². The normalized spacial score (nSPS) is 9.83. The van der Waals surface area contributed by atoms with Gasteiger partial charge in [-0.15, -0.1) is 0 Å². The van der Waals surface area contributed by atoms with Gasteiger partial charge in [0.05, 0.1) is 0 Å². The predicted molar refractivity (Wildman–Crippen MR) is 70.0 cm³/mol. The van der Waals surface area contributed by atoms with Crippen LogP contribution in [0, 0.1) is 0 Å². The number of amides is 2. The summed E-state index contributed by atoms with van der Waals surface area (Å²) in [6.45, 7) is 0. The van der Waals surface area contributed by atoms with Gasteiger partial charge in [0.2, 0.25) is 0 Å². The number of hydrogen-bond acceptors (Lipinski definition) is 3. The lowest BCUT2D eigenvalue weighted by molar-refractivity contribution is 0.262. The summed E-state index contributed by atoms with van der Waals surface area (Å²) in [6, 6.07) is 8.92. The first kappa shape index (κ1) is 12.2. The fourth-order valence-electron chi connectivity index (χ4n) is 1.34. The molecule has 0 bridgehead atoms. The number of aromatic hydroxyl groups is 1. The largest absolute Gasteiger partial charge is 0.508 e. The second-order valence-corrected chi connectivity index (χ2v) is 3.93. The van der Waals surface area contributed by atoms with Crippen LogP contribution in [0.2, 0.25) is 5.02 Å². The molecule has 0 spiro atoms. The fourth-order valence-corrected chi connectivity index (χ4v) is 1.50. The summed E-state index contributed by atoms with van der Waals surface area (Å²) in [7, 11) is 0. The summed E-state index contributed by atoms with van der Waals surface area (Å²) >= 11 is 5.76. The first-order valence-electron chi connectivity index (χ1n) is 5.12. The van der Waals surface area contributed by atoms with Crippen molar-refractivity contribution < 1.29 is 9.90 Å². The van der Waals surface area contributed by atoms with E-state index in [2.05, 4.69) is 15.6 Å². The molecule has 5 nitrogen and oxygen atoms in total. The van der Waals surface area contributed by atoms with Gasteiger partial charge in [-0.25, -0.2) is 9.78 Å². The third-order valence-corrected chi connectivity index (χ3v) is 2.30. The summed E-state index contributed by atoms with van der Waals surface area (Å²) in [4.78, 5) is 15.6. The SMILES string of the molecule is O=C(Nc1cccc(O)c1)Nc1cc(Cl)ccn1. The summed E-state index contributed by atoms with van der Waals surface area (Å²) < 4.78 is 0. The fraction of sp³-hybridized carbons (Fsp3) is 0. The van der Waals surface area contributed by atoms with Crippen LogP contribution < -0.4 is 10.6 Å². The zero-order valence-corrected chi connectivity index (χ0v) is 9.98. The zero-order chi connectivity index (χ0) is 13.0. The van der Waals surface area contributed by atoms with Crippen molar-refractivity contribution in [3.63, 3.8) is 0 Å². The molecule has 0 radical (unpaired) electrons. The first-order chi connectivity index (χ1) is 8.63. The number of pyridine rings is 1. The number of nitrogens with one attached hydrogen (secondary N) is 2. The second-order valence-electron chi connectivity index (χ2n) is 3.49. The van der Waals surface area contributed by atoms with E-state index >= 15 is 0 Å². The van der Waals surface area contributed by atoms with Gasteiger partial charge in [0.15, 0.2) is 0 Å². The van der Waals surface area contributed by atoms with Crippen molar-refractivity contribution in [1.29, 1.82) is 0 Å². The van der Waals surface area contributed by atoms with Crippen LogP contribution in [0.25, 0.3) is 0 Å². The number of phenols is 1. The van der Waals surface area contributed by atoms with Gasteiger partial charge in [0, 0.05) is 23.0 Å². The van der Waals surface area contributed by atoms with Gasteiger partial charge in [0.1, 0.15) is 11.6 Å². The van der Waals surface area contributed by atoms with Crippen molar-refractivity contribution in [2.45, 2.75) is 0 Å². The minimum absolute atomic E-state index is 0.0775. The minimum atomic E-state index is -0.463. The van der Waals surface area contributed by atoms with Crippen LogP contribution in [0.5, 0.6) is 5.75 Å². The molecule has 0 aliphatic heterocycles.